The van der Waals surface area contributed by atoms with Crippen LogP contribution in [-0.4, -0.2) is 0 Å². The molecule has 0 bridgehead atoms. The van der Waals surface area contributed by atoms with Gasteiger partial charge in [-0.25, -0.2) is 0 Å². The van der Waals surface area contributed by atoms with Gasteiger partial charge in [0.05, 0.1) is 0 Å². The van der Waals surface area contributed by atoms with Crippen molar-refractivity contribution in [2.45, 2.75) is 0 Å². The van der Waals surface area contributed by atoms with Crippen molar-refractivity contribution in [3.05, 3.63) is 218 Å². The third-order valence-corrected chi connectivity index (χ3v) is 17.7. The average Bonchev–Trinajstić information content (AvgIpc) is 4.17. The highest BCUT2D eigenvalue weighted by Gasteiger charge is 2.30. The molecule has 324 valence electrons. The van der Waals surface area contributed by atoms with Crippen LogP contribution in [0.3, 0.4) is 0 Å². The molecule has 0 amide bonds. The second-order valence-electron chi connectivity index (χ2n) is 20.8. The Morgan fingerprint density at radius 3 is 1.00 bits per heavy atom. The molecule has 0 spiro atoms. The summed E-state index contributed by atoms with van der Waals surface area (Å²) >= 11 is 0. The molecule has 0 heterocycles. The molecule has 0 aliphatic heterocycles. The Hall–Kier alpha value is -9.36. The number of rotatable bonds is 2. The zero-order chi connectivity index (χ0) is 46.2. The van der Waals surface area contributed by atoms with Gasteiger partial charge in [0.1, 0.15) is 0 Å². The van der Waals surface area contributed by atoms with Crippen LogP contribution in [0.1, 0.15) is 0 Å². The van der Waals surface area contributed by atoms with Gasteiger partial charge in [-0.2, -0.15) is 0 Å². The maximum atomic E-state index is 2.50. The van der Waals surface area contributed by atoms with Gasteiger partial charge < -0.3 is 0 Å². The summed E-state index contributed by atoms with van der Waals surface area (Å²) < 4.78 is 0. The van der Waals surface area contributed by atoms with Gasteiger partial charge in [-0.05, 0) is 201 Å². The predicted molar refractivity (Wildman–Crippen MR) is 313 cm³/mol. The van der Waals surface area contributed by atoms with E-state index in [9.17, 15) is 0 Å². The van der Waals surface area contributed by atoms with Crippen LogP contribution in [0.2, 0.25) is 0 Å². The molecular weight excluding hydrogens is 865 g/mol. The van der Waals surface area contributed by atoms with Crippen LogP contribution in [0.4, 0.5) is 0 Å². The molecule has 19 aromatic rings. The molecule has 0 aromatic heterocycles. The van der Waals surface area contributed by atoms with Gasteiger partial charge in [0, 0.05) is 0 Å². The molecular formula is C72H36. The molecule has 0 unspecified atom stereocenters. The molecule has 0 atom stereocenters. The lowest BCUT2D eigenvalue weighted by Crippen LogP contribution is -1.90. The maximum Gasteiger partial charge on any atom is -0.000695 e. The molecule has 0 saturated heterocycles. The van der Waals surface area contributed by atoms with Crippen LogP contribution < -0.4 is 0 Å². The van der Waals surface area contributed by atoms with Crippen molar-refractivity contribution in [3.8, 4) is 22.3 Å². The molecule has 0 nitrogen and oxygen atoms in total. The Morgan fingerprint density at radius 1 is 0.139 bits per heavy atom. The molecule has 19 aromatic carbocycles. The maximum absolute atomic E-state index is 2.50. The first kappa shape index (κ1) is 36.6. The zero-order valence-electron chi connectivity index (χ0n) is 38.8. The molecule has 0 radical (unpaired) electrons. The Bertz CT molecular complexity index is 5390. The number of fused-ring (bicyclic) bond motifs is 17. The Labute approximate surface area is 410 Å². The smallest absolute Gasteiger partial charge is 0.000695 e. The highest BCUT2D eigenvalue weighted by molar-refractivity contribution is 6.52. The fraction of sp³-hybridized carbons (Fsp3) is 0. The monoisotopic (exact) mass is 900 g/mol. The predicted octanol–water partition coefficient (Wildman–Crippen LogP) is 20.7. The minimum atomic E-state index is 1.26. The number of hydrogen-bond acceptors (Lipinski definition) is 0. The molecule has 0 fully saturated rings. The first-order valence-corrected chi connectivity index (χ1v) is 25.4. The number of benzene rings is 15. The first-order valence-electron chi connectivity index (χ1n) is 25.4. The Balaban J connectivity index is 1.05. The largest absolute Gasteiger partial charge is 0.0616 e. The molecule has 72 heavy (non-hydrogen) atoms. The van der Waals surface area contributed by atoms with E-state index in [0.717, 1.165) is 0 Å². The topological polar surface area (TPSA) is 0 Å². The first-order chi connectivity index (χ1) is 35.8. The van der Waals surface area contributed by atoms with E-state index in [1.54, 1.807) is 0 Å². The third-order valence-electron chi connectivity index (χ3n) is 17.7. The summed E-state index contributed by atoms with van der Waals surface area (Å²) in [6.07, 6.45) is 0. The van der Waals surface area contributed by atoms with Crippen molar-refractivity contribution in [2.24, 2.45) is 0 Å². The summed E-state index contributed by atoms with van der Waals surface area (Å²) in [6.45, 7) is 0. The highest BCUT2D eigenvalue weighted by atomic mass is 14.3. The van der Waals surface area contributed by atoms with E-state index in [1.165, 1.54) is 195 Å². The summed E-state index contributed by atoms with van der Waals surface area (Å²) in [4.78, 5) is 0. The lowest BCUT2D eigenvalue weighted by molar-refractivity contribution is 1.72. The normalized spacial score (nSPS) is 13.0. The lowest BCUT2D eigenvalue weighted by Gasteiger charge is -2.18. The van der Waals surface area contributed by atoms with Crippen molar-refractivity contribution >= 4 is 172 Å². The average molecular weight is 901 g/mol. The van der Waals surface area contributed by atoms with Crippen molar-refractivity contribution in [1.29, 1.82) is 0 Å². The minimum absolute atomic E-state index is 1.26. The van der Waals surface area contributed by atoms with Gasteiger partial charge in [-0.15, -0.1) is 0 Å². The Morgan fingerprint density at radius 2 is 0.444 bits per heavy atom. The van der Waals surface area contributed by atoms with E-state index in [2.05, 4.69) is 218 Å². The van der Waals surface area contributed by atoms with Gasteiger partial charge in [0.25, 0.3) is 0 Å². The summed E-state index contributed by atoms with van der Waals surface area (Å²) in [5.41, 5.74) is 5.23. The van der Waals surface area contributed by atoms with Crippen LogP contribution >= 0.6 is 0 Å². The fourth-order valence-electron chi connectivity index (χ4n) is 15.1. The summed E-state index contributed by atoms with van der Waals surface area (Å²) in [5.74, 6) is 0. The van der Waals surface area contributed by atoms with Gasteiger partial charge in [0.15, 0.2) is 0 Å². The summed E-state index contributed by atoms with van der Waals surface area (Å²) in [6, 6.07) is 84.0. The van der Waals surface area contributed by atoms with E-state index in [-0.39, 0.29) is 0 Å². The summed E-state index contributed by atoms with van der Waals surface area (Å²) in [5, 5.41) is 42.8. The molecule has 0 heteroatoms. The summed E-state index contributed by atoms with van der Waals surface area (Å²) in [7, 11) is 0. The van der Waals surface area contributed by atoms with Crippen LogP contribution in [0.15, 0.2) is 218 Å². The van der Waals surface area contributed by atoms with Crippen molar-refractivity contribution in [3.63, 3.8) is 0 Å². The van der Waals surface area contributed by atoms with Crippen LogP contribution in [0.25, 0.3) is 195 Å². The third kappa shape index (κ3) is 4.09. The van der Waals surface area contributed by atoms with Crippen LogP contribution in [0.5, 0.6) is 0 Å². The van der Waals surface area contributed by atoms with E-state index < -0.39 is 0 Å². The van der Waals surface area contributed by atoms with Crippen molar-refractivity contribution in [2.75, 3.05) is 0 Å². The quantitative estimate of drug-likeness (QED) is 0.120. The van der Waals surface area contributed by atoms with Gasteiger partial charge in [-0.1, -0.05) is 212 Å². The number of hydrogen-bond donors (Lipinski definition) is 0. The van der Waals surface area contributed by atoms with Crippen molar-refractivity contribution in [1.82, 2.24) is 0 Å². The van der Waals surface area contributed by atoms with E-state index in [4.69, 9.17) is 0 Å². The van der Waals surface area contributed by atoms with Crippen LogP contribution in [0, 0.1) is 0 Å². The molecule has 0 saturated carbocycles. The van der Waals surface area contributed by atoms with Gasteiger partial charge >= 0.3 is 0 Å². The minimum Gasteiger partial charge on any atom is -0.0616 e. The molecule has 19 rings (SSSR count). The second kappa shape index (κ2) is 12.5. The standard InChI is InChI=1S/C72H36/c1-3-19-41-37(12-1)14-7-23-44(41)67-69-53-26-9-16-39-17-10-27-54(59(39)53)70(69)68(45-24-8-15-38-13-2-4-20-42(38)45)72-57-35-32-51-49-30-33-55-63-52(29-28-48(61(49)63)50-31-34-56(71(67)72)64(57)62(50)51)58-36-40-18-11-25-46-43-21-5-6-22-47(43)66(60(40)46)65(55)58/h1-36H. The van der Waals surface area contributed by atoms with Gasteiger partial charge in [-0.3, -0.25) is 0 Å². The lowest BCUT2D eigenvalue weighted by atomic mass is 9.84. The van der Waals surface area contributed by atoms with E-state index in [0.29, 0.717) is 0 Å². The molecule has 0 N–H and O–H groups in total. The van der Waals surface area contributed by atoms with E-state index in [1.807, 2.05) is 0 Å². The zero-order valence-corrected chi connectivity index (χ0v) is 38.8. The van der Waals surface area contributed by atoms with E-state index >= 15 is 0 Å². The fourth-order valence-corrected chi connectivity index (χ4v) is 15.1. The molecule has 0 aliphatic carbocycles. The Kier molecular flexibility index (Phi) is 6.36. The second-order valence-corrected chi connectivity index (χ2v) is 20.8. The van der Waals surface area contributed by atoms with Crippen LogP contribution in [-0.2, 0) is 0 Å². The SMILES string of the molecule is c1ccc2c(-c3c4c5cccc6cccc(c4c(-c4cccc7ccccc47)c4c7ccc8c9ccc%10c%11c(ccc(c%12ccc(c34)c7c%128)c9%11)c3cc4cccc7c8ccccc8c(c47)c3%10)c65)cccc2c1. The highest BCUT2D eigenvalue weighted by Crippen LogP contribution is 2.59. The molecule has 0 aliphatic rings. The van der Waals surface area contributed by atoms with Crippen molar-refractivity contribution < 1.29 is 0 Å². The van der Waals surface area contributed by atoms with Gasteiger partial charge in [0.2, 0.25) is 0 Å².